The molecule has 184 valence electrons. The Balaban J connectivity index is 1.37. The lowest BCUT2D eigenvalue weighted by atomic mass is 9.92. The summed E-state index contributed by atoms with van der Waals surface area (Å²) in [6, 6.07) is 13.6. The quantitative estimate of drug-likeness (QED) is 0.379. The van der Waals surface area contributed by atoms with Gasteiger partial charge in [-0.3, -0.25) is 9.59 Å². The standard InChI is InChI=1S/C28H33BrN4O2/c1-17-11-18(2)16-33(15-17)26-13-19(3)23-14-22(6-8-25(23)31-26)30-27(34)9-10-28(35)32-24-7-5-21(29)12-20(24)4/h5-8,12-14,17-18H,9-11,15-16H2,1-4H3,(H,30,34)(H,32,35)/t17-,18-/m0/s1. The van der Waals surface area contributed by atoms with E-state index in [1.165, 1.54) is 6.42 Å². The molecule has 4 rings (SSSR count). The van der Waals surface area contributed by atoms with Crippen molar-refractivity contribution in [1.29, 1.82) is 0 Å². The third kappa shape index (κ3) is 6.40. The van der Waals surface area contributed by atoms with Crippen LogP contribution in [-0.4, -0.2) is 29.9 Å². The summed E-state index contributed by atoms with van der Waals surface area (Å²) in [7, 11) is 0. The van der Waals surface area contributed by atoms with Crippen molar-refractivity contribution in [2.45, 2.75) is 47.0 Å². The Bertz CT molecular complexity index is 1250. The number of carbonyl (C=O) groups excluding carboxylic acids is 2. The molecule has 0 unspecified atom stereocenters. The molecule has 2 heterocycles. The topological polar surface area (TPSA) is 74.3 Å². The summed E-state index contributed by atoms with van der Waals surface area (Å²) in [5.74, 6) is 1.98. The minimum atomic E-state index is -0.189. The molecule has 2 amide bonds. The first kappa shape index (κ1) is 25.2. The first-order valence-electron chi connectivity index (χ1n) is 12.2. The maximum atomic E-state index is 12.5. The fourth-order valence-electron chi connectivity index (χ4n) is 4.90. The van der Waals surface area contributed by atoms with Crippen LogP contribution >= 0.6 is 15.9 Å². The van der Waals surface area contributed by atoms with E-state index >= 15 is 0 Å². The molecule has 0 radical (unpaired) electrons. The summed E-state index contributed by atoms with van der Waals surface area (Å²) < 4.78 is 0.958. The van der Waals surface area contributed by atoms with E-state index in [2.05, 4.69) is 58.3 Å². The lowest BCUT2D eigenvalue weighted by Gasteiger charge is -2.36. The number of aromatic nitrogens is 1. The number of amides is 2. The van der Waals surface area contributed by atoms with E-state index in [1.807, 2.05) is 43.3 Å². The number of piperidine rings is 1. The molecule has 2 atom stereocenters. The Labute approximate surface area is 215 Å². The van der Waals surface area contributed by atoms with Crippen LogP contribution in [-0.2, 0) is 9.59 Å². The van der Waals surface area contributed by atoms with Gasteiger partial charge < -0.3 is 15.5 Å². The Kier molecular flexibility index (Phi) is 7.75. The van der Waals surface area contributed by atoms with Crippen LogP contribution in [0, 0.1) is 25.7 Å². The summed E-state index contributed by atoms with van der Waals surface area (Å²) >= 11 is 3.42. The molecule has 35 heavy (non-hydrogen) atoms. The molecule has 1 saturated heterocycles. The molecule has 0 saturated carbocycles. The molecule has 1 aromatic heterocycles. The number of halogens is 1. The minimum absolute atomic E-state index is 0.112. The Morgan fingerprint density at radius 2 is 1.63 bits per heavy atom. The fraction of sp³-hybridized carbons (Fsp3) is 0.393. The highest BCUT2D eigenvalue weighted by molar-refractivity contribution is 9.10. The maximum absolute atomic E-state index is 12.5. The van der Waals surface area contributed by atoms with E-state index in [0.717, 1.165) is 51.1 Å². The molecule has 0 bridgehead atoms. The number of benzene rings is 2. The zero-order valence-corrected chi connectivity index (χ0v) is 22.4. The predicted octanol–water partition coefficient (Wildman–Crippen LogP) is 6.45. The van der Waals surface area contributed by atoms with Crippen molar-refractivity contribution < 1.29 is 9.59 Å². The molecule has 1 aliphatic heterocycles. The molecule has 3 aromatic rings. The smallest absolute Gasteiger partial charge is 0.224 e. The van der Waals surface area contributed by atoms with Crippen molar-refractivity contribution in [3.8, 4) is 0 Å². The Morgan fingerprint density at radius 3 is 2.31 bits per heavy atom. The first-order valence-corrected chi connectivity index (χ1v) is 13.0. The van der Waals surface area contributed by atoms with E-state index in [-0.39, 0.29) is 24.7 Å². The van der Waals surface area contributed by atoms with Gasteiger partial charge in [-0.1, -0.05) is 29.8 Å². The predicted molar refractivity (Wildman–Crippen MR) is 147 cm³/mol. The number of aryl methyl sites for hydroxylation is 2. The van der Waals surface area contributed by atoms with Crippen LogP contribution in [0.15, 0.2) is 46.9 Å². The number of fused-ring (bicyclic) bond motifs is 1. The van der Waals surface area contributed by atoms with Crippen LogP contribution in [0.4, 0.5) is 17.2 Å². The lowest BCUT2D eigenvalue weighted by Crippen LogP contribution is -2.39. The van der Waals surface area contributed by atoms with Crippen molar-refractivity contribution >= 4 is 55.8 Å². The van der Waals surface area contributed by atoms with Gasteiger partial charge in [0, 0.05) is 47.2 Å². The van der Waals surface area contributed by atoms with Crippen LogP contribution < -0.4 is 15.5 Å². The second kappa shape index (κ2) is 10.8. The van der Waals surface area contributed by atoms with Gasteiger partial charge in [0.15, 0.2) is 0 Å². The second-order valence-corrected chi connectivity index (χ2v) is 10.9. The fourth-order valence-corrected chi connectivity index (χ4v) is 5.37. The third-order valence-electron chi connectivity index (χ3n) is 6.52. The molecule has 2 aromatic carbocycles. The number of nitrogens with zero attached hydrogens (tertiary/aromatic N) is 2. The van der Waals surface area contributed by atoms with E-state index in [4.69, 9.17) is 4.98 Å². The number of hydrogen-bond acceptors (Lipinski definition) is 4. The van der Waals surface area contributed by atoms with Gasteiger partial charge in [-0.25, -0.2) is 4.98 Å². The van der Waals surface area contributed by atoms with Crippen molar-refractivity contribution in [2.75, 3.05) is 28.6 Å². The summed E-state index contributed by atoms with van der Waals surface area (Å²) in [4.78, 5) is 32.1. The largest absolute Gasteiger partial charge is 0.356 e. The number of nitrogens with one attached hydrogen (secondary N) is 2. The molecule has 2 N–H and O–H groups in total. The summed E-state index contributed by atoms with van der Waals surface area (Å²) in [6.07, 6.45) is 1.49. The van der Waals surface area contributed by atoms with Gasteiger partial charge in [0.25, 0.3) is 0 Å². The SMILES string of the molecule is Cc1cc(Br)ccc1NC(=O)CCC(=O)Nc1ccc2nc(N3C[C@@H](C)C[C@H](C)C3)cc(C)c2c1. The van der Waals surface area contributed by atoms with Crippen molar-refractivity contribution in [2.24, 2.45) is 11.8 Å². The highest BCUT2D eigenvalue weighted by atomic mass is 79.9. The van der Waals surface area contributed by atoms with Crippen molar-refractivity contribution in [3.63, 3.8) is 0 Å². The van der Waals surface area contributed by atoms with E-state index < -0.39 is 0 Å². The molecule has 6 nitrogen and oxygen atoms in total. The van der Waals surface area contributed by atoms with Crippen molar-refractivity contribution in [3.05, 3.63) is 58.1 Å². The number of pyridine rings is 1. The monoisotopic (exact) mass is 536 g/mol. The minimum Gasteiger partial charge on any atom is -0.356 e. The second-order valence-electron chi connectivity index (χ2n) is 9.94. The average Bonchev–Trinajstić information content (AvgIpc) is 2.79. The molecule has 1 aliphatic rings. The van der Waals surface area contributed by atoms with E-state index in [1.54, 1.807) is 0 Å². The van der Waals surface area contributed by atoms with Crippen LogP contribution in [0.1, 0.15) is 44.2 Å². The Hall–Kier alpha value is -2.93. The molecular weight excluding hydrogens is 504 g/mol. The van der Waals surface area contributed by atoms with E-state index in [0.29, 0.717) is 17.5 Å². The number of rotatable bonds is 6. The van der Waals surface area contributed by atoms with Crippen LogP contribution in [0.2, 0.25) is 0 Å². The summed E-state index contributed by atoms with van der Waals surface area (Å²) in [5, 5.41) is 6.82. The van der Waals surface area contributed by atoms with Crippen molar-refractivity contribution in [1.82, 2.24) is 4.98 Å². The summed E-state index contributed by atoms with van der Waals surface area (Å²) in [5.41, 5.74) is 4.49. The molecule has 1 fully saturated rings. The highest BCUT2D eigenvalue weighted by Gasteiger charge is 2.23. The zero-order chi connectivity index (χ0) is 25.1. The molecule has 7 heteroatoms. The molecule has 0 spiro atoms. The van der Waals surface area contributed by atoms with Gasteiger partial charge in [-0.2, -0.15) is 0 Å². The van der Waals surface area contributed by atoms with Gasteiger partial charge in [0.1, 0.15) is 5.82 Å². The van der Waals surface area contributed by atoms with Gasteiger partial charge in [0.05, 0.1) is 5.52 Å². The van der Waals surface area contributed by atoms with Gasteiger partial charge in [-0.15, -0.1) is 0 Å². The van der Waals surface area contributed by atoms with Gasteiger partial charge in [0.2, 0.25) is 11.8 Å². The van der Waals surface area contributed by atoms with Gasteiger partial charge in [-0.05, 0) is 85.7 Å². The zero-order valence-electron chi connectivity index (χ0n) is 20.8. The number of anilines is 3. The Morgan fingerprint density at radius 1 is 0.943 bits per heavy atom. The normalized spacial score (nSPS) is 17.9. The van der Waals surface area contributed by atoms with Crippen LogP contribution in [0.25, 0.3) is 10.9 Å². The summed E-state index contributed by atoms with van der Waals surface area (Å²) in [6.45, 7) is 10.7. The molecule has 0 aliphatic carbocycles. The first-order chi connectivity index (χ1) is 16.7. The average molecular weight is 538 g/mol. The van der Waals surface area contributed by atoms with Crippen LogP contribution in [0.3, 0.4) is 0 Å². The van der Waals surface area contributed by atoms with E-state index in [9.17, 15) is 9.59 Å². The van der Waals surface area contributed by atoms with Crippen LogP contribution in [0.5, 0.6) is 0 Å². The highest BCUT2D eigenvalue weighted by Crippen LogP contribution is 2.29. The number of carbonyl (C=O) groups is 2. The maximum Gasteiger partial charge on any atom is 0.224 e. The molecular formula is C28H33BrN4O2. The lowest BCUT2D eigenvalue weighted by molar-refractivity contribution is -0.121. The van der Waals surface area contributed by atoms with Gasteiger partial charge >= 0.3 is 0 Å². The number of hydrogen-bond donors (Lipinski definition) is 2. The third-order valence-corrected chi connectivity index (χ3v) is 7.01.